The molecule has 1 aromatic rings. The average Bonchev–Trinajstić information content (AvgIpc) is 2.75. The maximum Gasteiger partial charge on any atom is 0.320 e. The van der Waals surface area contributed by atoms with Gasteiger partial charge in [-0.05, 0) is 45.0 Å². The number of rotatable bonds is 1. The third-order valence-corrected chi connectivity index (χ3v) is 3.21. The van der Waals surface area contributed by atoms with Crippen LogP contribution in [-0.4, -0.2) is 22.9 Å². The van der Waals surface area contributed by atoms with Gasteiger partial charge in [0.2, 0.25) is 6.29 Å². The summed E-state index contributed by atoms with van der Waals surface area (Å²) in [4.78, 5) is 10.5. The molecule has 0 spiro atoms. The Morgan fingerprint density at radius 1 is 1.05 bits per heavy atom. The predicted molar refractivity (Wildman–Crippen MR) is 85.6 cm³/mol. The van der Waals surface area contributed by atoms with Crippen molar-refractivity contribution in [3.05, 3.63) is 29.3 Å². The monoisotopic (exact) mass is 310 g/mol. The van der Waals surface area contributed by atoms with Gasteiger partial charge >= 0.3 is 6.02 Å². The highest BCUT2D eigenvalue weighted by molar-refractivity contribution is 6.30. The lowest BCUT2D eigenvalue weighted by Gasteiger charge is -2.30. The minimum atomic E-state index is -0.359. The fourth-order valence-electron chi connectivity index (χ4n) is 1.78. The van der Waals surface area contributed by atoms with Gasteiger partial charge in [-0.2, -0.15) is 10.1 Å². The first-order chi connectivity index (χ1) is 9.57. The largest absolute Gasteiger partial charge is 0.431 e. The van der Waals surface area contributed by atoms with Crippen LogP contribution >= 0.6 is 11.6 Å². The summed E-state index contributed by atoms with van der Waals surface area (Å²) in [7, 11) is 0. The predicted octanol–water partition coefficient (Wildman–Crippen LogP) is 4.76. The second kappa shape index (κ2) is 5.50. The van der Waals surface area contributed by atoms with Crippen LogP contribution < -0.4 is 0 Å². The fourth-order valence-corrected chi connectivity index (χ4v) is 1.91. The van der Waals surface area contributed by atoms with Crippen LogP contribution in [0.5, 0.6) is 0 Å². The molecule has 0 bridgehead atoms. The van der Waals surface area contributed by atoms with E-state index >= 15 is 0 Å². The second-order valence-corrected chi connectivity index (χ2v) is 7.69. The molecule has 5 heteroatoms. The molecule has 1 aliphatic rings. The number of hydrogen-bond acceptors (Lipinski definition) is 3. The van der Waals surface area contributed by atoms with Gasteiger partial charge < -0.3 is 4.74 Å². The Morgan fingerprint density at radius 2 is 1.62 bits per heavy atom. The summed E-state index contributed by atoms with van der Waals surface area (Å²) in [6.07, 6.45) is -0.359. The molecule has 0 aliphatic carbocycles. The number of hydroxylamine groups is 2. The molecule has 0 amide bonds. The normalized spacial score (nSPS) is 21.8. The molecule has 21 heavy (non-hydrogen) atoms. The molecule has 0 radical (unpaired) electrons. The highest BCUT2D eigenvalue weighted by atomic mass is 35.5. The van der Waals surface area contributed by atoms with Crippen LogP contribution in [0.25, 0.3) is 0 Å². The third kappa shape index (κ3) is 3.89. The van der Waals surface area contributed by atoms with E-state index in [-0.39, 0.29) is 17.2 Å². The molecule has 1 atom stereocenters. The Hall–Kier alpha value is -1.26. The summed E-state index contributed by atoms with van der Waals surface area (Å²) in [5, 5.41) is 2.42. The van der Waals surface area contributed by atoms with Gasteiger partial charge in [-0.15, -0.1) is 0 Å². The van der Waals surface area contributed by atoms with Crippen molar-refractivity contribution in [2.45, 2.75) is 53.4 Å². The number of hydrogen-bond donors (Lipinski definition) is 0. The van der Waals surface area contributed by atoms with E-state index in [1.807, 2.05) is 12.1 Å². The molecule has 2 rings (SSSR count). The van der Waals surface area contributed by atoms with E-state index in [9.17, 15) is 0 Å². The SMILES string of the molecule is CC(C)(C)C1OC(=Nc2ccc(Cl)cc2)N(C(C)(C)C)O1. The lowest BCUT2D eigenvalue weighted by Crippen LogP contribution is -2.42. The second-order valence-electron chi connectivity index (χ2n) is 7.26. The van der Waals surface area contributed by atoms with Crippen molar-refractivity contribution in [1.82, 2.24) is 5.06 Å². The minimum absolute atomic E-state index is 0.138. The molecule has 1 fully saturated rings. The quantitative estimate of drug-likeness (QED) is 0.750. The van der Waals surface area contributed by atoms with Crippen LogP contribution in [0.15, 0.2) is 29.3 Å². The Morgan fingerprint density at radius 3 is 2.10 bits per heavy atom. The van der Waals surface area contributed by atoms with Gasteiger partial charge in [-0.3, -0.25) is 0 Å². The molecule has 1 saturated heterocycles. The Kier molecular flexibility index (Phi) is 4.22. The average molecular weight is 311 g/mol. The van der Waals surface area contributed by atoms with Gasteiger partial charge in [0.25, 0.3) is 0 Å². The summed E-state index contributed by atoms with van der Waals surface area (Å²) in [6, 6.07) is 7.79. The first-order valence-corrected chi connectivity index (χ1v) is 7.43. The summed E-state index contributed by atoms with van der Waals surface area (Å²) in [6.45, 7) is 12.4. The molecule has 4 nitrogen and oxygen atoms in total. The molecule has 0 saturated carbocycles. The Bertz CT molecular complexity index is 527. The molecular formula is C16H23ClN2O2. The van der Waals surface area contributed by atoms with E-state index in [0.717, 1.165) is 5.69 Å². The van der Waals surface area contributed by atoms with Crippen LogP contribution in [0.1, 0.15) is 41.5 Å². The molecule has 1 aliphatic heterocycles. The van der Waals surface area contributed by atoms with E-state index < -0.39 is 0 Å². The lowest BCUT2D eigenvalue weighted by atomic mass is 9.96. The van der Waals surface area contributed by atoms with Crippen molar-refractivity contribution in [3.8, 4) is 0 Å². The molecule has 116 valence electrons. The van der Waals surface area contributed by atoms with Crippen molar-refractivity contribution >= 4 is 23.3 Å². The highest BCUT2D eigenvalue weighted by Crippen LogP contribution is 2.34. The van der Waals surface area contributed by atoms with E-state index in [1.54, 1.807) is 17.2 Å². The molecule has 1 heterocycles. The van der Waals surface area contributed by atoms with Crippen molar-refractivity contribution in [2.24, 2.45) is 10.4 Å². The first-order valence-electron chi connectivity index (χ1n) is 7.05. The van der Waals surface area contributed by atoms with E-state index in [0.29, 0.717) is 11.0 Å². The van der Waals surface area contributed by atoms with Crippen LogP contribution in [0, 0.1) is 5.41 Å². The molecule has 0 aromatic heterocycles. The summed E-state index contributed by atoms with van der Waals surface area (Å²) in [5.41, 5.74) is 0.397. The lowest BCUT2D eigenvalue weighted by molar-refractivity contribution is -0.223. The third-order valence-electron chi connectivity index (χ3n) is 2.96. The van der Waals surface area contributed by atoms with Gasteiger partial charge in [0.1, 0.15) is 0 Å². The first kappa shape index (κ1) is 16.1. The van der Waals surface area contributed by atoms with Crippen LogP contribution in [0.2, 0.25) is 5.02 Å². The van der Waals surface area contributed by atoms with Crippen molar-refractivity contribution < 1.29 is 9.57 Å². The van der Waals surface area contributed by atoms with Gasteiger partial charge in [0.05, 0.1) is 11.2 Å². The molecule has 1 unspecified atom stereocenters. The topological polar surface area (TPSA) is 34.1 Å². The van der Waals surface area contributed by atoms with Gasteiger partial charge in [0.15, 0.2) is 0 Å². The number of halogens is 1. The smallest absolute Gasteiger partial charge is 0.320 e. The number of aliphatic imine (C=N–C) groups is 1. The molecule has 0 N–H and O–H groups in total. The van der Waals surface area contributed by atoms with Crippen LogP contribution in [-0.2, 0) is 9.57 Å². The van der Waals surface area contributed by atoms with Crippen molar-refractivity contribution in [1.29, 1.82) is 0 Å². The van der Waals surface area contributed by atoms with Gasteiger partial charge in [0, 0.05) is 10.4 Å². The Labute approximate surface area is 131 Å². The number of nitrogens with zero attached hydrogens (tertiary/aromatic N) is 2. The standard InChI is InChI=1S/C16H23ClN2O2/c1-15(2,3)13-20-14(19(21-13)16(4,5)6)18-12-9-7-11(17)8-10-12/h7-10,13H,1-6H3. The van der Waals surface area contributed by atoms with Gasteiger partial charge in [-0.1, -0.05) is 32.4 Å². The summed E-state index contributed by atoms with van der Waals surface area (Å²) < 4.78 is 5.92. The van der Waals surface area contributed by atoms with E-state index in [2.05, 4.69) is 46.5 Å². The molecular weight excluding hydrogens is 288 g/mol. The fraction of sp³-hybridized carbons (Fsp3) is 0.562. The zero-order valence-corrected chi connectivity index (χ0v) is 14.2. The van der Waals surface area contributed by atoms with Crippen LogP contribution in [0.4, 0.5) is 5.69 Å². The Balaban J connectivity index is 2.32. The van der Waals surface area contributed by atoms with Crippen molar-refractivity contribution in [3.63, 3.8) is 0 Å². The summed E-state index contributed by atoms with van der Waals surface area (Å²) in [5.74, 6) is 0. The maximum absolute atomic E-state index is 5.95. The number of ether oxygens (including phenoxy) is 1. The van der Waals surface area contributed by atoms with E-state index in [4.69, 9.17) is 21.2 Å². The van der Waals surface area contributed by atoms with E-state index in [1.165, 1.54) is 0 Å². The zero-order valence-electron chi connectivity index (χ0n) is 13.5. The van der Waals surface area contributed by atoms with Crippen LogP contribution in [0.3, 0.4) is 0 Å². The van der Waals surface area contributed by atoms with Crippen molar-refractivity contribution in [2.75, 3.05) is 0 Å². The number of benzene rings is 1. The summed E-state index contributed by atoms with van der Waals surface area (Å²) >= 11 is 5.90. The minimum Gasteiger partial charge on any atom is -0.431 e. The maximum atomic E-state index is 5.95. The molecule has 1 aromatic carbocycles. The number of amidine groups is 1. The zero-order chi connectivity index (χ0) is 15.8. The highest BCUT2D eigenvalue weighted by Gasteiger charge is 2.43. The van der Waals surface area contributed by atoms with Gasteiger partial charge in [-0.25, -0.2) is 4.84 Å².